The van der Waals surface area contributed by atoms with Crippen LogP contribution in [-0.2, 0) is 6.61 Å². The van der Waals surface area contributed by atoms with Crippen molar-refractivity contribution in [2.24, 2.45) is 0 Å². The summed E-state index contributed by atoms with van der Waals surface area (Å²) < 4.78 is 19.8. The zero-order valence-electron chi connectivity index (χ0n) is 9.70. The summed E-state index contributed by atoms with van der Waals surface area (Å²) in [6, 6.07) is 9.42. The number of benzene rings is 2. The second-order valence-electron chi connectivity index (χ2n) is 3.80. The minimum Gasteiger partial charge on any atom is -0.486 e. The first-order valence-corrected chi connectivity index (χ1v) is 6.59. The third-order valence-electron chi connectivity index (χ3n) is 2.50. The Labute approximate surface area is 123 Å². The van der Waals surface area contributed by atoms with E-state index in [2.05, 4.69) is 15.9 Å². The molecule has 0 amide bonds. The summed E-state index contributed by atoms with van der Waals surface area (Å²) in [6.07, 6.45) is 0.651. The number of para-hydroxylation sites is 1. The molecule has 0 aliphatic heterocycles. The van der Waals surface area contributed by atoms with Gasteiger partial charge in [0.15, 0.2) is 6.29 Å². The summed E-state index contributed by atoms with van der Waals surface area (Å²) >= 11 is 9.22. The van der Waals surface area contributed by atoms with Crippen molar-refractivity contribution in [3.63, 3.8) is 0 Å². The Hall–Kier alpha value is -1.39. The molecule has 0 N–H and O–H groups in total. The Morgan fingerprint density at radius 2 is 2.11 bits per heavy atom. The van der Waals surface area contributed by atoms with Crippen molar-refractivity contribution < 1.29 is 13.9 Å². The highest BCUT2D eigenvalue weighted by Gasteiger charge is 2.10. The van der Waals surface area contributed by atoms with Crippen molar-refractivity contribution in [1.29, 1.82) is 0 Å². The predicted octanol–water partition coefficient (Wildman–Crippen LogP) is 4.63. The van der Waals surface area contributed by atoms with Gasteiger partial charge >= 0.3 is 0 Å². The van der Waals surface area contributed by atoms with Gasteiger partial charge in [-0.1, -0.05) is 33.6 Å². The standard InChI is InChI=1S/C14H9BrClFO2/c15-11-4-5-13(17)10(6-11)8-19-14-9(7-18)2-1-3-12(14)16/h1-7H,8H2. The lowest BCUT2D eigenvalue weighted by atomic mass is 10.2. The molecular formula is C14H9BrClFO2. The van der Waals surface area contributed by atoms with Crippen molar-refractivity contribution in [3.8, 4) is 5.75 Å². The number of ether oxygens (including phenoxy) is 1. The van der Waals surface area contributed by atoms with E-state index in [-0.39, 0.29) is 18.2 Å². The topological polar surface area (TPSA) is 26.3 Å². The normalized spacial score (nSPS) is 10.3. The first-order valence-electron chi connectivity index (χ1n) is 5.42. The number of carbonyl (C=O) groups is 1. The Balaban J connectivity index is 2.23. The van der Waals surface area contributed by atoms with Crippen molar-refractivity contribution in [2.45, 2.75) is 6.61 Å². The molecule has 2 aromatic carbocycles. The Morgan fingerprint density at radius 3 is 2.84 bits per heavy atom. The van der Waals surface area contributed by atoms with E-state index in [9.17, 15) is 9.18 Å². The van der Waals surface area contributed by atoms with Gasteiger partial charge in [0.1, 0.15) is 18.2 Å². The smallest absolute Gasteiger partial charge is 0.153 e. The van der Waals surface area contributed by atoms with Gasteiger partial charge in [-0.25, -0.2) is 4.39 Å². The molecule has 5 heteroatoms. The number of rotatable bonds is 4. The summed E-state index contributed by atoms with van der Waals surface area (Å²) in [6.45, 7) is -0.00412. The van der Waals surface area contributed by atoms with Crippen LogP contribution < -0.4 is 4.74 Å². The van der Waals surface area contributed by atoms with Crippen molar-refractivity contribution in [3.05, 3.63) is 62.8 Å². The number of aldehydes is 1. The van der Waals surface area contributed by atoms with Crippen molar-refractivity contribution in [2.75, 3.05) is 0 Å². The Bertz CT molecular complexity index is 616. The minimum absolute atomic E-state index is 0.00412. The third-order valence-corrected chi connectivity index (χ3v) is 3.30. The molecule has 0 atom stereocenters. The molecule has 0 heterocycles. The van der Waals surface area contributed by atoms with Gasteiger partial charge in [0, 0.05) is 10.0 Å². The molecule has 98 valence electrons. The van der Waals surface area contributed by atoms with Gasteiger partial charge in [-0.05, 0) is 30.3 Å². The second kappa shape index (κ2) is 6.17. The average Bonchev–Trinajstić information content (AvgIpc) is 2.40. The van der Waals surface area contributed by atoms with E-state index in [1.807, 2.05) is 0 Å². The Morgan fingerprint density at radius 1 is 1.32 bits per heavy atom. The maximum Gasteiger partial charge on any atom is 0.153 e. The van der Waals surface area contributed by atoms with Gasteiger partial charge < -0.3 is 4.74 Å². The van der Waals surface area contributed by atoms with Gasteiger partial charge in [0.2, 0.25) is 0 Å². The molecule has 0 radical (unpaired) electrons. The molecular weight excluding hydrogens is 335 g/mol. The van der Waals surface area contributed by atoms with Crippen molar-refractivity contribution in [1.82, 2.24) is 0 Å². The molecule has 0 spiro atoms. The van der Waals surface area contributed by atoms with E-state index in [1.54, 1.807) is 30.3 Å². The van der Waals surface area contributed by atoms with Crippen LogP contribution in [0.2, 0.25) is 5.02 Å². The molecule has 0 unspecified atom stereocenters. The average molecular weight is 344 g/mol. The van der Waals surface area contributed by atoms with Crippen LogP contribution in [0.15, 0.2) is 40.9 Å². The fourth-order valence-corrected chi connectivity index (χ4v) is 2.22. The third kappa shape index (κ3) is 3.33. The lowest BCUT2D eigenvalue weighted by molar-refractivity contribution is 0.111. The van der Waals surface area contributed by atoms with E-state index < -0.39 is 0 Å². The van der Waals surface area contributed by atoms with Crippen LogP contribution >= 0.6 is 27.5 Å². The summed E-state index contributed by atoms with van der Waals surface area (Å²) in [5, 5.41) is 0.319. The number of carbonyl (C=O) groups excluding carboxylic acids is 1. The lowest BCUT2D eigenvalue weighted by Crippen LogP contribution is -2.01. The maximum absolute atomic E-state index is 13.6. The molecule has 0 aromatic heterocycles. The number of hydrogen-bond donors (Lipinski definition) is 0. The van der Waals surface area contributed by atoms with Crippen LogP contribution in [0.1, 0.15) is 15.9 Å². The quantitative estimate of drug-likeness (QED) is 0.756. The molecule has 0 bridgehead atoms. The summed E-state index contributed by atoms with van der Waals surface area (Å²) in [4.78, 5) is 10.9. The van der Waals surface area contributed by atoms with Crippen LogP contribution in [-0.4, -0.2) is 6.29 Å². The van der Waals surface area contributed by atoms with Gasteiger partial charge in [0.05, 0.1) is 10.6 Å². The molecule has 2 nitrogen and oxygen atoms in total. The summed E-state index contributed by atoms with van der Waals surface area (Å²) in [7, 11) is 0. The van der Waals surface area contributed by atoms with Gasteiger partial charge in [-0.3, -0.25) is 4.79 Å². The van der Waals surface area contributed by atoms with Gasteiger partial charge in [0.25, 0.3) is 0 Å². The fraction of sp³-hybridized carbons (Fsp3) is 0.0714. The van der Waals surface area contributed by atoms with Crippen LogP contribution in [0.5, 0.6) is 5.75 Å². The van der Waals surface area contributed by atoms with Gasteiger partial charge in [-0.2, -0.15) is 0 Å². The van der Waals surface area contributed by atoms with E-state index >= 15 is 0 Å². The van der Waals surface area contributed by atoms with Crippen LogP contribution in [0.25, 0.3) is 0 Å². The monoisotopic (exact) mass is 342 g/mol. The first kappa shape index (κ1) is 14.0. The van der Waals surface area contributed by atoms with E-state index in [1.165, 1.54) is 6.07 Å². The molecule has 0 fully saturated rings. The largest absolute Gasteiger partial charge is 0.486 e. The highest BCUT2D eigenvalue weighted by atomic mass is 79.9. The number of hydrogen-bond acceptors (Lipinski definition) is 2. The van der Waals surface area contributed by atoms with Gasteiger partial charge in [-0.15, -0.1) is 0 Å². The summed E-state index contributed by atoms with van der Waals surface area (Å²) in [5.74, 6) is -0.110. The molecule has 2 aromatic rings. The first-order chi connectivity index (χ1) is 9.11. The molecule has 0 aliphatic carbocycles. The summed E-state index contributed by atoms with van der Waals surface area (Å²) in [5.41, 5.74) is 0.717. The second-order valence-corrected chi connectivity index (χ2v) is 5.12. The maximum atomic E-state index is 13.6. The Kier molecular flexibility index (Phi) is 4.56. The van der Waals surface area contributed by atoms with Crippen LogP contribution in [0.4, 0.5) is 4.39 Å². The van der Waals surface area contributed by atoms with E-state index in [4.69, 9.17) is 16.3 Å². The van der Waals surface area contributed by atoms with Crippen LogP contribution in [0, 0.1) is 5.82 Å². The van der Waals surface area contributed by atoms with E-state index in [0.717, 1.165) is 4.47 Å². The molecule has 0 saturated heterocycles. The highest BCUT2D eigenvalue weighted by molar-refractivity contribution is 9.10. The lowest BCUT2D eigenvalue weighted by Gasteiger charge is -2.11. The fourth-order valence-electron chi connectivity index (χ4n) is 1.57. The molecule has 19 heavy (non-hydrogen) atoms. The highest BCUT2D eigenvalue weighted by Crippen LogP contribution is 2.28. The van der Waals surface area contributed by atoms with E-state index in [0.29, 0.717) is 22.4 Å². The van der Waals surface area contributed by atoms with Crippen LogP contribution in [0.3, 0.4) is 0 Å². The predicted molar refractivity (Wildman–Crippen MR) is 75.3 cm³/mol. The minimum atomic E-state index is -0.372. The molecule has 2 rings (SSSR count). The molecule has 0 aliphatic rings. The zero-order chi connectivity index (χ0) is 13.8. The molecule has 0 saturated carbocycles. The zero-order valence-corrected chi connectivity index (χ0v) is 12.0. The van der Waals surface area contributed by atoms with Crippen molar-refractivity contribution >= 4 is 33.8 Å². The number of halogens is 3. The SMILES string of the molecule is O=Cc1cccc(Cl)c1OCc1cc(Br)ccc1F.